The van der Waals surface area contributed by atoms with Gasteiger partial charge in [0, 0.05) is 11.5 Å². The summed E-state index contributed by atoms with van der Waals surface area (Å²) in [6, 6.07) is 1.85. The van der Waals surface area contributed by atoms with Crippen molar-refractivity contribution in [3.05, 3.63) is 32.4 Å². The fraction of sp³-hybridized carbons (Fsp3) is 0.300. The van der Waals surface area contributed by atoms with Crippen molar-refractivity contribution in [1.82, 2.24) is 20.1 Å². The lowest BCUT2D eigenvalue weighted by molar-refractivity contribution is 0.0953. The average Bonchev–Trinajstić information content (AvgIpc) is 2.85. The Hall–Kier alpha value is -1.21. The third kappa shape index (κ3) is 2.55. The molecule has 0 aliphatic carbocycles. The van der Waals surface area contributed by atoms with E-state index in [1.165, 1.54) is 11.3 Å². The van der Waals surface area contributed by atoms with E-state index in [1.54, 1.807) is 0 Å². The van der Waals surface area contributed by atoms with Gasteiger partial charge >= 0.3 is 0 Å². The molecular weight excluding hydrogens is 304 g/mol. The molecule has 0 bridgehead atoms. The highest BCUT2D eigenvalue weighted by Crippen LogP contribution is 2.22. The minimum absolute atomic E-state index is 0.104. The van der Waals surface area contributed by atoms with Crippen LogP contribution in [-0.2, 0) is 13.6 Å². The summed E-state index contributed by atoms with van der Waals surface area (Å²) < 4.78 is 2.66. The molecule has 0 aromatic carbocycles. The minimum atomic E-state index is -0.104. The van der Waals surface area contributed by atoms with Crippen molar-refractivity contribution in [2.75, 3.05) is 0 Å². The van der Waals surface area contributed by atoms with Crippen LogP contribution in [0.5, 0.6) is 0 Å². The summed E-state index contributed by atoms with van der Waals surface area (Å²) in [5, 5.41) is 12.6. The zero-order valence-corrected chi connectivity index (χ0v) is 11.8. The average molecular weight is 315 g/mol. The first-order chi connectivity index (χ1) is 8.09. The number of nitrogens with zero attached hydrogens (tertiary/aromatic N) is 3. The highest BCUT2D eigenvalue weighted by atomic mass is 79.9. The van der Waals surface area contributed by atoms with Gasteiger partial charge in [-0.1, -0.05) is 0 Å². The summed E-state index contributed by atoms with van der Waals surface area (Å²) in [4.78, 5) is 12.5. The van der Waals surface area contributed by atoms with Crippen molar-refractivity contribution in [2.24, 2.45) is 7.05 Å². The first-order valence-electron chi connectivity index (χ1n) is 4.95. The number of nitrogens with one attached hydrogen (secondary N) is 1. The Morgan fingerprint density at radius 1 is 1.59 bits per heavy atom. The highest BCUT2D eigenvalue weighted by Gasteiger charge is 2.12. The van der Waals surface area contributed by atoms with Crippen LogP contribution in [0.1, 0.15) is 21.3 Å². The van der Waals surface area contributed by atoms with Crippen LogP contribution in [0.2, 0.25) is 0 Å². The van der Waals surface area contributed by atoms with Gasteiger partial charge < -0.3 is 9.88 Å². The molecule has 1 N–H and O–H groups in total. The zero-order chi connectivity index (χ0) is 12.4. The summed E-state index contributed by atoms with van der Waals surface area (Å²) in [5.74, 6) is 1.46. The van der Waals surface area contributed by atoms with Crippen LogP contribution in [0.15, 0.2) is 15.9 Å². The molecule has 17 heavy (non-hydrogen) atoms. The Morgan fingerprint density at radius 2 is 2.35 bits per heavy atom. The summed E-state index contributed by atoms with van der Waals surface area (Å²) in [5.41, 5.74) is 0. The maximum atomic E-state index is 11.8. The molecule has 0 aliphatic rings. The highest BCUT2D eigenvalue weighted by molar-refractivity contribution is 9.10. The van der Waals surface area contributed by atoms with Crippen LogP contribution in [-0.4, -0.2) is 20.7 Å². The van der Waals surface area contributed by atoms with Gasteiger partial charge in [0.05, 0.1) is 6.54 Å². The largest absolute Gasteiger partial charge is 0.344 e. The summed E-state index contributed by atoms with van der Waals surface area (Å²) in [7, 11) is 1.87. The normalized spacial score (nSPS) is 10.5. The van der Waals surface area contributed by atoms with Crippen LogP contribution in [0.3, 0.4) is 0 Å². The van der Waals surface area contributed by atoms with Crippen molar-refractivity contribution in [3.8, 4) is 0 Å². The van der Waals surface area contributed by atoms with Gasteiger partial charge in [0.2, 0.25) is 0 Å². The van der Waals surface area contributed by atoms with E-state index in [0.717, 1.165) is 16.1 Å². The molecule has 0 spiro atoms. The van der Waals surface area contributed by atoms with E-state index in [2.05, 4.69) is 31.4 Å². The quantitative estimate of drug-likeness (QED) is 0.941. The van der Waals surface area contributed by atoms with Gasteiger partial charge in [-0.2, -0.15) is 0 Å². The van der Waals surface area contributed by atoms with Crippen LogP contribution < -0.4 is 5.32 Å². The Morgan fingerprint density at radius 3 is 2.88 bits per heavy atom. The third-order valence-corrected chi connectivity index (χ3v) is 4.25. The number of thiophene rings is 1. The van der Waals surface area contributed by atoms with Crippen LogP contribution in [0.25, 0.3) is 0 Å². The lowest BCUT2D eigenvalue weighted by atomic mass is 10.4. The third-order valence-electron chi connectivity index (χ3n) is 2.41. The maximum Gasteiger partial charge on any atom is 0.262 e. The molecule has 0 saturated heterocycles. The second kappa shape index (κ2) is 4.97. The molecule has 2 aromatic rings. The number of rotatable bonds is 3. The topological polar surface area (TPSA) is 59.8 Å². The lowest BCUT2D eigenvalue weighted by Crippen LogP contribution is -2.24. The van der Waals surface area contributed by atoms with E-state index in [-0.39, 0.29) is 5.91 Å². The van der Waals surface area contributed by atoms with Gasteiger partial charge in [-0.05, 0) is 34.3 Å². The molecule has 0 aliphatic heterocycles. The molecule has 1 amide bonds. The predicted octanol–water partition coefficient (Wildman–Crippen LogP) is 1.88. The molecule has 0 atom stereocenters. The van der Waals surface area contributed by atoms with E-state index in [0.29, 0.717) is 11.4 Å². The van der Waals surface area contributed by atoms with Gasteiger partial charge in [0.1, 0.15) is 10.7 Å². The van der Waals surface area contributed by atoms with Gasteiger partial charge in [-0.15, -0.1) is 21.5 Å². The van der Waals surface area contributed by atoms with Crippen molar-refractivity contribution >= 4 is 33.2 Å². The molecule has 5 nitrogen and oxygen atoms in total. The first kappa shape index (κ1) is 12.3. The first-order valence-corrected chi connectivity index (χ1v) is 6.63. The Labute approximate surface area is 111 Å². The summed E-state index contributed by atoms with van der Waals surface area (Å²) in [6.07, 6.45) is 0. The molecule has 7 heteroatoms. The fourth-order valence-electron chi connectivity index (χ4n) is 1.30. The van der Waals surface area contributed by atoms with Crippen molar-refractivity contribution < 1.29 is 4.79 Å². The van der Waals surface area contributed by atoms with E-state index >= 15 is 0 Å². The van der Waals surface area contributed by atoms with Gasteiger partial charge in [-0.25, -0.2) is 0 Å². The summed E-state index contributed by atoms with van der Waals surface area (Å²) >= 11 is 4.73. The smallest absolute Gasteiger partial charge is 0.262 e. The van der Waals surface area contributed by atoms with Crippen LogP contribution in [0, 0.1) is 6.92 Å². The number of aromatic nitrogens is 3. The molecule has 0 fully saturated rings. The Bertz CT molecular complexity index is 548. The minimum Gasteiger partial charge on any atom is -0.344 e. The van der Waals surface area contributed by atoms with Crippen LogP contribution in [0.4, 0.5) is 0 Å². The molecule has 2 aromatic heterocycles. The molecule has 0 saturated carbocycles. The molecule has 90 valence electrons. The molecule has 2 rings (SSSR count). The van der Waals surface area contributed by atoms with Crippen molar-refractivity contribution in [2.45, 2.75) is 13.5 Å². The number of hydrogen-bond acceptors (Lipinski definition) is 4. The molecule has 0 radical (unpaired) electrons. The standard InChI is InChI=1S/C10H11BrN4OS/c1-6-13-14-8(15(6)2)5-12-10(16)9-7(11)3-4-17-9/h3-4H,5H2,1-2H3,(H,12,16). The Kier molecular flexibility index (Phi) is 3.58. The predicted molar refractivity (Wildman–Crippen MR) is 68.9 cm³/mol. The number of carbonyl (C=O) groups excluding carboxylic acids is 1. The van der Waals surface area contributed by atoms with E-state index in [9.17, 15) is 4.79 Å². The lowest BCUT2D eigenvalue weighted by Gasteiger charge is -2.04. The summed E-state index contributed by atoms with van der Waals surface area (Å²) in [6.45, 7) is 2.24. The molecular formula is C10H11BrN4OS. The zero-order valence-electron chi connectivity index (χ0n) is 9.40. The van der Waals surface area contributed by atoms with E-state index < -0.39 is 0 Å². The van der Waals surface area contributed by atoms with Gasteiger partial charge in [-0.3, -0.25) is 4.79 Å². The molecule has 2 heterocycles. The van der Waals surface area contributed by atoms with Crippen LogP contribution >= 0.6 is 27.3 Å². The number of amides is 1. The molecule has 0 unspecified atom stereocenters. The Balaban J connectivity index is 2.02. The second-order valence-electron chi connectivity index (χ2n) is 3.50. The van der Waals surface area contributed by atoms with Gasteiger partial charge in [0.25, 0.3) is 5.91 Å². The SMILES string of the molecule is Cc1nnc(CNC(=O)c2sccc2Br)n1C. The van der Waals surface area contributed by atoms with E-state index in [4.69, 9.17) is 0 Å². The van der Waals surface area contributed by atoms with E-state index in [1.807, 2.05) is 30.0 Å². The number of aryl methyl sites for hydroxylation is 1. The fourth-order valence-corrected chi connectivity index (χ4v) is 2.77. The monoisotopic (exact) mass is 314 g/mol. The number of halogens is 1. The maximum absolute atomic E-state index is 11.8. The second-order valence-corrected chi connectivity index (χ2v) is 5.27. The number of carbonyl (C=O) groups is 1. The van der Waals surface area contributed by atoms with Gasteiger partial charge in [0.15, 0.2) is 5.82 Å². The van der Waals surface area contributed by atoms with Crippen molar-refractivity contribution in [1.29, 1.82) is 0 Å². The number of hydrogen-bond donors (Lipinski definition) is 1. The van der Waals surface area contributed by atoms with Crippen molar-refractivity contribution in [3.63, 3.8) is 0 Å².